The molecule has 18 heavy (non-hydrogen) atoms. The van der Waals surface area contributed by atoms with Crippen molar-refractivity contribution in [3.63, 3.8) is 0 Å². The molecule has 1 aromatic carbocycles. The number of hydrogen-bond donors (Lipinski definition) is 1. The van der Waals surface area contributed by atoms with Crippen LogP contribution in [-0.2, 0) is 6.42 Å². The summed E-state index contributed by atoms with van der Waals surface area (Å²) in [5, 5.41) is 3.95. The zero-order chi connectivity index (χ0) is 13.1. The molecule has 0 unspecified atom stereocenters. The summed E-state index contributed by atoms with van der Waals surface area (Å²) in [7, 11) is 4.02. The Morgan fingerprint density at radius 3 is 2.83 bits per heavy atom. The van der Waals surface area contributed by atoms with Gasteiger partial charge in [-0.2, -0.15) is 4.98 Å². The quantitative estimate of drug-likeness (QED) is 0.877. The Balaban J connectivity index is 2.18. The Kier molecular flexibility index (Phi) is 3.98. The van der Waals surface area contributed by atoms with E-state index in [2.05, 4.69) is 31.0 Å². The maximum absolute atomic E-state index is 5.92. The second-order valence-corrected chi connectivity index (χ2v) is 5.22. The Labute approximate surface area is 114 Å². The van der Waals surface area contributed by atoms with Crippen LogP contribution in [0.4, 0.5) is 5.69 Å². The molecule has 0 atom stereocenters. The molecule has 5 nitrogen and oxygen atoms in total. The minimum absolute atomic E-state index is 0.466. The van der Waals surface area contributed by atoms with Gasteiger partial charge < -0.3 is 15.2 Å². The van der Waals surface area contributed by atoms with Crippen molar-refractivity contribution in [2.45, 2.75) is 6.42 Å². The summed E-state index contributed by atoms with van der Waals surface area (Å²) in [4.78, 5) is 6.42. The van der Waals surface area contributed by atoms with E-state index < -0.39 is 0 Å². The molecule has 2 aromatic rings. The van der Waals surface area contributed by atoms with Gasteiger partial charge in [0.1, 0.15) is 0 Å². The van der Waals surface area contributed by atoms with E-state index in [-0.39, 0.29) is 0 Å². The van der Waals surface area contributed by atoms with Crippen LogP contribution in [0.15, 0.2) is 27.2 Å². The van der Waals surface area contributed by atoms with Crippen LogP contribution in [0.25, 0.3) is 11.5 Å². The van der Waals surface area contributed by atoms with Crippen molar-refractivity contribution in [2.24, 2.45) is 0 Å². The molecule has 96 valence electrons. The molecule has 0 aliphatic heterocycles. The Morgan fingerprint density at radius 1 is 1.39 bits per heavy atom. The van der Waals surface area contributed by atoms with Gasteiger partial charge >= 0.3 is 0 Å². The Bertz CT molecular complexity index is 539. The molecule has 0 aliphatic carbocycles. The van der Waals surface area contributed by atoms with E-state index in [9.17, 15) is 0 Å². The van der Waals surface area contributed by atoms with Crippen LogP contribution in [0.2, 0.25) is 0 Å². The molecule has 2 N–H and O–H groups in total. The summed E-state index contributed by atoms with van der Waals surface area (Å²) in [5.41, 5.74) is 7.30. The maximum atomic E-state index is 5.92. The topological polar surface area (TPSA) is 68.2 Å². The minimum Gasteiger partial charge on any atom is -0.398 e. The third-order valence-corrected chi connectivity index (χ3v) is 2.99. The summed E-state index contributed by atoms with van der Waals surface area (Å²) in [6.45, 7) is 0.884. The fraction of sp³-hybridized carbons (Fsp3) is 0.333. The summed E-state index contributed by atoms with van der Waals surface area (Å²) in [6.07, 6.45) is 0.757. The first kappa shape index (κ1) is 13.0. The molecular formula is C12H15BrN4O. The van der Waals surface area contributed by atoms with Crippen LogP contribution < -0.4 is 5.73 Å². The molecule has 0 saturated carbocycles. The summed E-state index contributed by atoms with van der Waals surface area (Å²) in [6, 6.07) is 5.58. The van der Waals surface area contributed by atoms with Crippen molar-refractivity contribution in [3.8, 4) is 11.5 Å². The van der Waals surface area contributed by atoms with Gasteiger partial charge in [0.25, 0.3) is 5.89 Å². The van der Waals surface area contributed by atoms with Gasteiger partial charge in [0.15, 0.2) is 5.82 Å². The number of nitrogens with zero attached hydrogens (tertiary/aromatic N) is 3. The van der Waals surface area contributed by atoms with E-state index in [1.54, 1.807) is 0 Å². The van der Waals surface area contributed by atoms with Crippen LogP contribution in [0.5, 0.6) is 0 Å². The lowest BCUT2D eigenvalue weighted by atomic mass is 10.2. The predicted octanol–water partition coefficient (Wildman–Crippen LogP) is 2.19. The lowest BCUT2D eigenvalue weighted by Gasteiger charge is -2.05. The highest BCUT2D eigenvalue weighted by Gasteiger charge is 2.11. The number of hydrogen-bond acceptors (Lipinski definition) is 5. The summed E-state index contributed by atoms with van der Waals surface area (Å²) < 4.78 is 6.16. The number of likely N-dealkylation sites (N-methyl/N-ethyl adjacent to an activating group) is 1. The third-order valence-electron chi connectivity index (χ3n) is 2.49. The zero-order valence-corrected chi connectivity index (χ0v) is 11.9. The largest absolute Gasteiger partial charge is 0.398 e. The van der Waals surface area contributed by atoms with Gasteiger partial charge in [-0.1, -0.05) is 21.1 Å². The molecule has 0 aliphatic rings. The number of nitrogens with two attached hydrogens (primary N) is 1. The second kappa shape index (κ2) is 5.49. The highest BCUT2D eigenvalue weighted by molar-refractivity contribution is 9.10. The van der Waals surface area contributed by atoms with Gasteiger partial charge in [0.05, 0.1) is 5.56 Å². The van der Waals surface area contributed by atoms with Crippen molar-refractivity contribution >= 4 is 21.6 Å². The molecule has 2 rings (SSSR count). The number of rotatable bonds is 4. The molecule has 0 saturated heterocycles. The highest BCUT2D eigenvalue weighted by atomic mass is 79.9. The first-order valence-corrected chi connectivity index (χ1v) is 6.38. The van der Waals surface area contributed by atoms with Crippen LogP contribution in [0, 0.1) is 0 Å². The van der Waals surface area contributed by atoms with Crippen LogP contribution in [0.1, 0.15) is 5.82 Å². The monoisotopic (exact) mass is 310 g/mol. The summed E-state index contributed by atoms with van der Waals surface area (Å²) >= 11 is 3.36. The van der Waals surface area contributed by atoms with Crippen molar-refractivity contribution in [1.29, 1.82) is 0 Å². The van der Waals surface area contributed by atoms with Crippen LogP contribution in [-0.4, -0.2) is 35.7 Å². The second-order valence-electron chi connectivity index (χ2n) is 4.30. The number of aromatic nitrogens is 2. The molecular weight excluding hydrogens is 296 g/mol. The van der Waals surface area contributed by atoms with Gasteiger partial charge in [0.2, 0.25) is 0 Å². The lowest BCUT2D eigenvalue weighted by Crippen LogP contribution is -2.15. The minimum atomic E-state index is 0.466. The van der Waals surface area contributed by atoms with E-state index in [0.29, 0.717) is 17.4 Å². The van der Waals surface area contributed by atoms with Crippen LogP contribution in [0.3, 0.4) is 0 Å². The maximum Gasteiger partial charge on any atom is 0.260 e. The first-order chi connectivity index (χ1) is 8.56. The van der Waals surface area contributed by atoms with Crippen molar-refractivity contribution in [1.82, 2.24) is 15.0 Å². The molecule has 0 fully saturated rings. The number of benzene rings is 1. The van der Waals surface area contributed by atoms with Crippen molar-refractivity contribution < 1.29 is 4.52 Å². The predicted molar refractivity (Wildman–Crippen MR) is 74.1 cm³/mol. The van der Waals surface area contributed by atoms with Gasteiger partial charge in [-0.15, -0.1) is 0 Å². The van der Waals surface area contributed by atoms with Gasteiger partial charge in [0, 0.05) is 23.1 Å². The van der Waals surface area contributed by atoms with Gasteiger partial charge in [-0.3, -0.25) is 0 Å². The van der Waals surface area contributed by atoms with E-state index in [1.165, 1.54) is 0 Å². The normalized spacial score (nSPS) is 11.1. The zero-order valence-electron chi connectivity index (χ0n) is 10.4. The Hall–Kier alpha value is -1.40. The molecule has 1 heterocycles. The van der Waals surface area contributed by atoms with E-state index in [1.807, 2.05) is 32.3 Å². The number of nitrogen functional groups attached to an aromatic ring is 1. The summed E-state index contributed by atoms with van der Waals surface area (Å²) in [5.74, 6) is 1.16. The third kappa shape index (κ3) is 3.08. The molecule has 0 bridgehead atoms. The number of anilines is 1. The van der Waals surface area contributed by atoms with E-state index >= 15 is 0 Å². The lowest BCUT2D eigenvalue weighted by molar-refractivity contribution is 0.392. The molecule has 1 aromatic heterocycles. The van der Waals surface area contributed by atoms with E-state index in [4.69, 9.17) is 10.3 Å². The number of halogens is 1. The van der Waals surface area contributed by atoms with Gasteiger partial charge in [-0.05, 0) is 32.3 Å². The molecule has 0 spiro atoms. The fourth-order valence-corrected chi connectivity index (χ4v) is 1.90. The SMILES string of the molecule is CN(C)CCc1noc(-c2ccc(Br)cc2N)n1. The van der Waals surface area contributed by atoms with E-state index in [0.717, 1.165) is 23.0 Å². The Morgan fingerprint density at radius 2 is 2.17 bits per heavy atom. The van der Waals surface area contributed by atoms with Gasteiger partial charge in [-0.25, -0.2) is 0 Å². The van der Waals surface area contributed by atoms with Crippen LogP contribution >= 0.6 is 15.9 Å². The van der Waals surface area contributed by atoms with Crippen molar-refractivity contribution in [2.75, 3.05) is 26.4 Å². The molecule has 6 heteroatoms. The fourth-order valence-electron chi connectivity index (χ4n) is 1.52. The first-order valence-electron chi connectivity index (χ1n) is 5.59. The average Bonchev–Trinajstić information content (AvgIpc) is 2.75. The molecule has 0 amide bonds. The standard InChI is InChI=1S/C12H15BrN4O/c1-17(2)6-5-11-15-12(18-16-11)9-4-3-8(13)7-10(9)14/h3-4,7H,5-6,14H2,1-2H3. The highest BCUT2D eigenvalue weighted by Crippen LogP contribution is 2.27. The van der Waals surface area contributed by atoms with Crippen molar-refractivity contribution in [3.05, 3.63) is 28.5 Å². The smallest absolute Gasteiger partial charge is 0.260 e. The average molecular weight is 311 g/mol. The molecule has 0 radical (unpaired) electrons.